The molecule has 0 aliphatic carbocycles. The maximum absolute atomic E-state index is 12.4. The van der Waals surface area contributed by atoms with Gasteiger partial charge in [-0.1, -0.05) is 49.7 Å². The van der Waals surface area contributed by atoms with E-state index in [0.717, 1.165) is 41.7 Å². The number of anilines is 2. The van der Waals surface area contributed by atoms with Crippen LogP contribution in [-0.2, 0) is 13.0 Å². The highest BCUT2D eigenvalue weighted by molar-refractivity contribution is 6.05. The lowest BCUT2D eigenvalue weighted by Crippen LogP contribution is -2.13. The number of hydrogen-bond donors (Lipinski definition) is 2. The fourth-order valence-corrected chi connectivity index (χ4v) is 3.62. The molecule has 4 rings (SSSR count). The van der Waals surface area contributed by atoms with Crippen LogP contribution in [0.4, 0.5) is 11.4 Å². The number of aromatic nitrogens is 2. The average Bonchev–Trinajstić information content (AvgIpc) is 3.12. The number of rotatable bonds is 7. The van der Waals surface area contributed by atoms with Gasteiger partial charge >= 0.3 is 0 Å². The van der Waals surface area contributed by atoms with Gasteiger partial charge in [-0.05, 0) is 48.4 Å². The molecule has 1 aromatic heterocycles. The van der Waals surface area contributed by atoms with E-state index in [1.807, 2.05) is 48.5 Å². The molecule has 1 heterocycles. The van der Waals surface area contributed by atoms with Crippen molar-refractivity contribution in [2.75, 3.05) is 11.1 Å². The minimum Gasteiger partial charge on any atom is -0.397 e. The van der Waals surface area contributed by atoms with Crippen molar-refractivity contribution in [1.82, 2.24) is 9.55 Å². The highest BCUT2D eigenvalue weighted by Crippen LogP contribution is 2.24. The maximum Gasteiger partial charge on any atom is 0.255 e. The summed E-state index contributed by atoms with van der Waals surface area (Å²) in [6.07, 6.45) is 3.19. The van der Waals surface area contributed by atoms with Crippen LogP contribution in [0.1, 0.15) is 41.5 Å². The number of unbranched alkanes of at least 4 members (excludes halogenated alkanes) is 1. The van der Waals surface area contributed by atoms with Gasteiger partial charge in [0, 0.05) is 18.5 Å². The third kappa shape index (κ3) is 4.20. The Hall–Kier alpha value is -3.60. The molecule has 1 amide bonds. The second-order valence-corrected chi connectivity index (χ2v) is 7.45. The Kier molecular flexibility index (Phi) is 5.80. The second kappa shape index (κ2) is 8.82. The number of nitrogens with two attached hydrogens (primary N) is 1. The molecular formula is C25H26N4O. The number of nitrogen functional groups attached to an aromatic ring is 1. The summed E-state index contributed by atoms with van der Waals surface area (Å²) in [5.41, 5.74) is 11.3. The minimum absolute atomic E-state index is 0.169. The van der Waals surface area contributed by atoms with Gasteiger partial charge in [0.25, 0.3) is 5.91 Å². The Morgan fingerprint density at radius 2 is 1.80 bits per heavy atom. The maximum atomic E-state index is 12.4. The summed E-state index contributed by atoms with van der Waals surface area (Å²) in [5.74, 6) is 0.926. The average molecular weight is 399 g/mol. The molecule has 0 spiro atoms. The SMILES string of the molecule is CCCCc1nc2ccccc2n1Cc1ccc(NC(=O)c2ccccc2)c(N)c1. The molecule has 3 aromatic carbocycles. The van der Waals surface area contributed by atoms with E-state index in [1.165, 1.54) is 0 Å². The van der Waals surface area contributed by atoms with Crippen molar-refractivity contribution in [2.24, 2.45) is 0 Å². The molecule has 0 saturated carbocycles. The van der Waals surface area contributed by atoms with E-state index in [4.69, 9.17) is 10.7 Å². The molecule has 0 saturated heterocycles. The summed E-state index contributed by atoms with van der Waals surface area (Å²) in [7, 11) is 0. The van der Waals surface area contributed by atoms with Crippen molar-refractivity contribution >= 4 is 28.3 Å². The number of fused-ring (bicyclic) bond motifs is 1. The predicted octanol–water partition coefficient (Wildman–Crippen LogP) is 5.26. The predicted molar refractivity (Wildman–Crippen MR) is 123 cm³/mol. The van der Waals surface area contributed by atoms with Crippen LogP contribution in [0, 0.1) is 0 Å². The van der Waals surface area contributed by atoms with Gasteiger partial charge in [0.05, 0.1) is 22.4 Å². The summed E-state index contributed by atoms with van der Waals surface area (Å²) in [4.78, 5) is 17.3. The minimum atomic E-state index is -0.169. The number of hydrogen-bond acceptors (Lipinski definition) is 3. The normalized spacial score (nSPS) is 11.0. The first-order valence-electron chi connectivity index (χ1n) is 10.3. The van der Waals surface area contributed by atoms with E-state index >= 15 is 0 Å². The Labute approximate surface area is 176 Å². The molecule has 5 heteroatoms. The number of imidazole rings is 1. The van der Waals surface area contributed by atoms with Gasteiger partial charge in [-0.2, -0.15) is 0 Å². The van der Waals surface area contributed by atoms with Crippen molar-refractivity contribution in [3.05, 3.63) is 89.7 Å². The van der Waals surface area contributed by atoms with Crippen molar-refractivity contribution < 1.29 is 4.79 Å². The molecule has 0 aliphatic heterocycles. The monoisotopic (exact) mass is 398 g/mol. The first-order valence-corrected chi connectivity index (χ1v) is 10.3. The summed E-state index contributed by atoms with van der Waals surface area (Å²) < 4.78 is 2.27. The van der Waals surface area contributed by atoms with Crippen LogP contribution in [0.5, 0.6) is 0 Å². The quantitative estimate of drug-likeness (QED) is 0.417. The molecule has 30 heavy (non-hydrogen) atoms. The zero-order chi connectivity index (χ0) is 20.9. The molecule has 0 aliphatic rings. The van der Waals surface area contributed by atoms with E-state index in [0.29, 0.717) is 23.5 Å². The Bertz CT molecular complexity index is 1160. The lowest BCUT2D eigenvalue weighted by Gasteiger charge is -2.13. The van der Waals surface area contributed by atoms with Crippen LogP contribution >= 0.6 is 0 Å². The van der Waals surface area contributed by atoms with E-state index in [-0.39, 0.29) is 5.91 Å². The van der Waals surface area contributed by atoms with Crippen LogP contribution in [0.3, 0.4) is 0 Å². The molecule has 5 nitrogen and oxygen atoms in total. The second-order valence-electron chi connectivity index (χ2n) is 7.45. The summed E-state index contributed by atoms with van der Waals surface area (Å²) >= 11 is 0. The highest BCUT2D eigenvalue weighted by Gasteiger charge is 2.12. The number of para-hydroxylation sites is 2. The number of nitrogens with one attached hydrogen (secondary N) is 1. The van der Waals surface area contributed by atoms with E-state index in [9.17, 15) is 4.79 Å². The molecule has 4 aromatic rings. The Morgan fingerprint density at radius 3 is 2.57 bits per heavy atom. The molecule has 0 atom stereocenters. The van der Waals surface area contributed by atoms with Crippen LogP contribution in [-0.4, -0.2) is 15.5 Å². The van der Waals surface area contributed by atoms with Gasteiger partial charge in [0.2, 0.25) is 0 Å². The smallest absolute Gasteiger partial charge is 0.255 e. The van der Waals surface area contributed by atoms with Crippen molar-refractivity contribution in [3.8, 4) is 0 Å². The molecule has 0 unspecified atom stereocenters. The zero-order valence-corrected chi connectivity index (χ0v) is 17.1. The van der Waals surface area contributed by atoms with Gasteiger partial charge in [-0.25, -0.2) is 4.98 Å². The molecule has 3 N–H and O–H groups in total. The fourth-order valence-electron chi connectivity index (χ4n) is 3.62. The number of aryl methyl sites for hydroxylation is 1. The number of nitrogens with zero attached hydrogens (tertiary/aromatic N) is 2. The van der Waals surface area contributed by atoms with Crippen LogP contribution in [0.15, 0.2) is 72.8 Å². The topological polar surface area (TPSA) is 72.9 Å². The van der Waals surface area contributed by atoms with Gasteiger partial charge in [0.15, 0.2) is 0 Å². The molecule has 0 fully saturated rings. The van der Waals surface area contributed by atoms with Crippen LogP contribution in [0.2, 0.25) is 0 Å². The largest absolute Gasteiger partial charge is 0.397 e. The zero-order valence-electron chi connectivity index (χ0n) is 17.1. The summed E-state index contributed by atoms with van der Waals surface area (Å²) in [5, 5.41) is 2.90. The summed E-state index contributed by atoms with van der Waals surface area (Å²) in [6.45, 7) is 2.88. The summed E-state index contributed by atoms with van der Waals surface area (Å²) in [6, 6.07) is 23.2. The highest BCUT2D eigenvalue weighted by atomic mass is 16.1. The van der Waals surface area contributed by atoms with Crippen molar-refractivity contribution in [2.45, 2.75) is 32.7 Å². The van der Waals surface area contributed by atoms with Gasteiger partial charge in [-0.15, -0.1) is 0 Å². The van der Waals surface area contributed by atoms with Gasteiger partial charge < -0.3 is 15.6 Å². The molecule has 0 bridgehead atoms. The third-order valence-electron chi connectivity index (χ3n) is 5.23. The number of carbonyl (C=O) groups is 1. The lowest BCUT2D eigenvalue weighted by molar-refractivity contribution is 0.102. The van der Waals surface area contributed by atoms with Gasteiger partial charge in [0.1, 0.15) is 5.82 Å². The first-order chi connectivity index (χ1) is 14.7. The molecule has 0 radical (unpaired) electrons. The van der Waals surface area contributed by atoms with E-state index in [1.54, 1.807) is 12.1 Å². The first kappa shape index (κ1) is 19.7. The van der Waals surface area contributed by atoms with E-state index in [2.05, 4.69) is 28.9 Å². The van der Waals surface area contributed by atoms with Crippen molar-refractivity contribution in [3.63, 3.8) is 0 Å². The Balaban J connectivity index is 1.57. The Morgan fingerprint density at radius 1 is 1.03 bits per heavy atom. The van der Waals surface area contributed by atoms with Crippen LogP contribution < -0.4 is 11.1 Å². The third-order valence-corrected chi connectivity index (χ3v) is 5.23. The molecular weight excluding hydrogens is 372 g/mol. The van der Waals surface area contributed by atoms with E-state index < -0.39 is 0 Å². The number of amides is 1. The van der Waals surface area contributed by atoms with Crippen molar-refractivity contribution in [1.29, 1.82) is 0 Å². The van der Waals surface area contributed by atoms with Gasteiger partial charge in [-0.3, -0.25) is 4.79 Å². The molecule has 152 valence electrons. The fraction of sp³-hybridized carbons (Fsp3) is 0.200. The lowest BCUT2D eigenvalue weighted by atomic mass is 10.1. The standard InChI is InChI=1S/C25H26N4O/c1-2-3-13-24-27-22-11-7-8-12-23(22)29(24)17-18-14-15-21(20(26)16-18)28-25(30)19-9-5-4-6-10-19/h4-12,14-16H,2-3,13,17,26H2,1H3,(H,28,30). The number of benzene rings is 3. The number of carbonyl (C=O) groups excluding carboxylic acids is 1. The van der Waals surface area contributed by atoms with Crippen LogP contribution in [0.25, 0.3) is 11.0 Å².